The molecule has 1 unspecified atom stereocenters. The number of piperazine rings is 1. The van der Waals surface area contributed by atoms with E-state index in [-0.39, 0.29) is 63.7 Å². The van der Waals surface area contributed by atoms with Crippen LogP contribution in [0.3, 0.4) is 0 Å². The van der Waals surface area contributed by atoms with Gasteiger partial charge in [-0.25, -0.2) is 14.3 Å². The summed E-state index contributed by atoms with van der Waals surface area (Å²) in [5, 5.41) is 26.5. The molecule has 0 saturated carbocycles. The fourth-order valence-electron chi connectivity index (χ4n) is 5.65. The van der Waals surface area contributed by atoms with Crippen molar-refractivity contribution in [1.29, 1.82) is 0 Å². The predicted molar refractivity (Wildman–Crippen MR) is 170 cm³/mol. The molecule has 2 aliphatic heterocycles. The Bertz CT molecular complexity index is 1540. The molecular formula is C32H42N6O11. The molecular weight excluding hydrogens is 644 g/mol. The highest BCUT2D eigenvalue weighted by molar-refractivity contribution is 5.97. The molecule has 0 spiro atoms. The van der Waals surface area contributed by atoms with Gasteiger partial charge in [-0.15, -0.1) is 0 Å². The average molecular weight is 687 g/mol. The molecule has 49 heavy (non-hydrogen) atoms. The van der Waals surface area contributed by atoms with E-state index in [1.807, 2.05) is 0 Å². The highest BCUT2D eigenvalue weighted by Gasteiger charge is 2.46. The largest absolute Gasteiger partial charge is 0.481 e. The van der Waals surface area contributed by atoms with Crippen molar-refractivity contribution in [2.75, 3.05) is 46.4 Å². The number of hydrogen-bond acceptors (Lipinski definition) is 11. The normalized spacial score (nSPS) is 18.4. The summed E-state index contributed by atoms with van der Waals surface area (Å²) in [7, 11) is 1.19. The molecule has 0 aliphatic carbocycles. The van der Waals surface area contributed by atoms with Gasteiger partial charge in [0.05, 0.1) is 25.5 Å². The summed E-state index contributed by atoms with van der Waals surface area (Å²) in [6.45, 7) is 5.46. The van der Waals surface area contributed by atoms with Crippen molar-refractivity contribution in [3.05, 3.63) is 42.1 Å². The van der Waals surface area contributed by atoms with Gasteiger partial charge in [-0.2, -0.15) is 5.10 Å². The number of aromatic nitrogens is 2. The van der Waals surface area contributed by atoms with Crippen molar-refractivity contribution in [2.24, 2.45) is 0 Å². The molecule has 1 aromatic heterocycles. The number of aliphatic carboxylic acids is 1. The Hall–Kier alpha value is -5.19. The molecule has 2 aromatic rings. The fraction of sp³-hybridized carbons (Fsp3) is 0.531. The second-order valence-electron chi connectivity index (χ2n) is 12.1. The molecule has 3 atom stereocenters. The minimum atomic E-state index is -1.62. The summed E-state index contributed by atoms with van der Waals surface area (Å²) in [5.74, 6) is -3.79. The number of nitrogens with one attached hydrogen (secondary N) is 1. The van der Waals surface area contributed by atoms with E-state index in [0.717, 1.165) is 0 Å². The lowest BCUT2D eigenvalue weighted by Crippen LogP contribution is -2.56. The highest BCUT2D eigenvalue weighted by atomic mass is 16.6. The molecule has 2 fully saturated rings. The molecule has 2 aliphatic rings. The molecule has 4 rings (SSSR count). The van der Waals surface area contributed by atoms with Gasteiger partial charge < -0.3 is 44.4 Å². The van der Waals surface area contributed by atoms with Crippen LogP contribution in [-0.4, -0.2) is 141 Å². The van der Waals surface area contributed by atoms with Crippen LogP contribution in [0.4, 0.5) is 4.79 Å². The third-order valence-corrected chi connectivity index (χ3v) is 8.17. The van der Waals surface area contributed by atoms with Crippen LogP contribution < -0.4 is 10.1 Å². The van der Waals surface area contributed by atoms with Crippen molar-refractivity contribution < 1.29 is 53.2 Å². The first-order chi connectivity index (χ1) is 23.2. The molecule has 3 N–H and O–H groups in total. The van der Waals surface area contributed by atoms with E-state index in [1.54, 1.807) is 37.3 Å². The Balaban J connectivity index is 1.57. The summed E-state index contributed by atoms with van der Waals surface area (Å²) in [4.78, 5) is 80.8. The molecule has 17 nitrogen and oxygen atoms in total. The predicted octanol–water partition coefficient (Wildman–Crippen LogP) is 0.428. The zero-order chi connectivity index (χ0) is 35.9. The molecule has 3 heterocycles. The minimum absolute atomic E-state index is 0.00358. The number of carbonyl (C=O) groups is 6. The first-order valence-electron chi connectivity index (χ1n) is 15.9. The van der Waals surface area contributed by atoms with Gasteiger partial charge >= 0.3 is 18.0 Å². The Morgan fingerprint density at radius 2 is 1.69 bits per heavy atom. The van der Waals surface area contributed by atoms with Crippen LogP contribution in [0.15, 0.2) is 36.4 Å². The second kappa shape index (κ2) is 15.8. The number of ether oxygens (including phenoxy) is 3. The lowest BCUT2D eigenvalue weighted by atomic mass is 10.1. The summed E-state index contributed by atoms with van der Waals surface area (Å²) < 4.78 is 17.3. The highest BCUT2D eigenvalue weighted by Crippen LogP contribution is 2.28. The lowest BCUT2D eigenvalue weighted by molar-refractivity contribution is -0.156. The first kappa shape index (κ1) is 36.6. The van der Waals surface area contributed by atoms with Crippen LogP contribution in [0.5, 0.6) is 5.88 Å². The van der Waals surface area contributed by atoms with E-state index in [4.69, 9.17) is 14.2 Å². The summed E-state index contributed by atoms with van der Waals surface area (Å²) in [6.07, 6.45) is -2.04. The first-order valence-corrected chi connectivity index (χ1v) is 15.9. The van der Waals surface area contributed by atoms with Crippen molar-refractivity contribution in [1.82, 2.24) is 29.8 Å². The van der Waals surface area contributed by atoms with Crippen molar-refractivity contribution in [2.45, 2.75) is 63.8 Å². The monoisotopic (exact) mass is 686 g/mol. The third kappa shape index (κ3) is 8.84. The Labute approximate surface area is 282 Å². The molecule has 4 amide bonds. The molecule has 1 aromatic carbocycles. The smallest absolute Gasteiger partial charge is 0.409 e. The zero-order valence-corrected chi connectivity index (χ0v) is 27.9. The van der Waals surface area contributed by atoms with Crippen molar-refractivity contribution in [3.8, 4) is 11.6 Å². The van der Waals surface area contributed by atoms with Gasteiger partial charge in [0.2, 0.25) is 11.8 Å². The van der Waals surface area contributed by atoms with Gasteiger partial charge in [0.1, 0.15) is 12.1 Å². The SMILES string of the molecule is CCOC(=O)N1CCN(C(=O)C(CCC(=O)O)NC(=O)c2cc(OC(C)(C)C(=O)N3C[C@H](O)C[C@H]3C(=O)OC)n(-c3ccccc3)n2)CC1. The number of amides is 4. The number of carboxylic acid groups (broad SMARTS) is 1. The van der Waals surface area contributed by atoms with E-state index in [2.05, 4.69) is 10.4 Å². The molecule has 17 heteroatoms. The number of aliphatic hydroxyl groups excluding tert-OH is 1. The van der Waals surface area contributed by atoms with Gasteiger partial charge in [0, 0.05) is 51.6 Å². The van der Waals surface area contributed by atoms with E-state index in [1.165, 1.54) is 46.4 Å². The van der Waals surface area contributed by atoms with Crippen molar-refractivity contribution >= 4 is 35.8 Å². The average Bonchev–Trinajstić information content (AvgIpc) is 3.69. The van der Waals surface area contributed by atoms with Gasteiger partial charge in [-0.05, 0) is 39.3 Å². The fourth-order valence-corrected chi connectivity index (χ4v) is 5.65. The van der Waals surface area contributed by atoms with Gasteiger partial charge in [-0.1, -0.05) is 18.2 Å². The zero-order valence-electron chi connectivity index (χ0n) is 27.9. The maximum Gasteiger partial charge on any atom is 0.409 e. The van der Waals surface area contributed by atoms with Gasteiger partial charge in [-0.3, -0.25) is 19.2 Å². The number of hydrogen-bond donors (Lipinski definition) is 3. The van der Waals surface area contributed by atoms with Crippen LogP contribution >= 0.6 is 0 Å². The number of nitrogens with zero attached hydrogens (tertiary/aromatic N) is 5. The number of para-hydroxylation sites is 1. The quantitative estimate of drug-likeness (QED) is 0.260. The number of β-amino-alcohol motifs (C(OH)–C–C–N with tert-alkyl or cyclic N) is 1. The number of aliphatic hydroxyl groups is 1. The third-order valence-electron chi connectivity index (χ3n) is 8.17. The van der Waals surface area contributed by atoms with E-state index in [0.29, 0.717) is 5.69 Å². The number of rotatable bonds is 12. The molecule has 0 radical (unpaired) electrons. The maximum atomic E-state index is 13.7. The van der Waals surface area contributed by atoms with Crippen LogP contribution in [0.1, 0.15) is 50.5 Å². The van der Waals surface area contributed by atoms with Crippen LogP contribution in [0.2, 0.25) is 0 Å². The van der Waals surface area contributed by atoms with Crippen LogP contribution in [-0.2, 0) is 28.7 Å². The Morgan fingerprint density at radius 3 is 2.31 bits per heavy atom. The lowest BCUT2D eigenvalue weighted by Gasteiger charge is -2.35. The van der Waals surface area contributed by atoms with Crippen LogP contribution in [0.25, 0.3) is 5.69 Å². The summed E-state index contributed by atoms with van der Waals surface area (Å²) in [5.41, 5.74) is -1.34. The molecule has 0 bridgehead atoms. The number of benzene rings is 1. The van der Waals surface area contributed by atoms with Gasteiger partial charge in [0.15, 0.2) is 11.3 Å². The Kier molecular flexibility index (Phi) is 11.8. The van der Waals surface area contributed by atoms with Gasteiger partial charge in [0.25, 0.3) is 11.8 Å². The summed E-state index contributed by atoms with van der Waals surface area (Å²) in [6, 6.07) is 7.65. The number of esters is 1. The second-order valence-corrected chi connectivity index (χ2v) is 12.1. The number of likely N-dealkylation sites (tertiary alicyclic amines) is 1. The van der Waals surface area contributed by atoms with E-state index < -0.39 is 66.0 Å². The van der Waals surface area contributed by atoms with Crippen molar-refractivity contribution in [3.63, 3.8) is 0 Å². The Morgan fingerprint density at radius 1 is 1.04 bits per heavy atom. The molecule has 2 saturated heterocycles. The maximum absolute atomic E-state index is 13.7. The number of carboxylic acids is 1. The van der Waals surface area contributed by atoms with Crippen LogP contribution in [0, 0.1) is 0 Å². The summed E-state index contributed by atoms with van der Waals surface area (Å²) >= 11 is 0. The molecule has 266 valence electrons. The minimum Gasteiger partial charge on any atom is -0.481 e. The number of carbonyl (C=O) groups excluding carboxylic acids is 5. The van der Waals surface area contributed by atoms with E-state index in [9.17, 15) is 39.0 Å². The van der Waals surface area contributed by atoms with E-state index >= 15 is 0 Å². The standard InChI is InChI=1S/C32H42N6O11/c1-5-48-31(46)36-15-13-35(14-16-36)28(43)22(11-12-26(40)41)33-27(42)23-18-25(38(34-23)20-9-7-6-8-10-20)49-32(2,3)30(45)37-19-21(39)17-24(37)29(44)47-4/h6-10,18,21-22,24,39H,5,11-17,19H2,1-4H3,(H,33,42)(H,40,41)/t21-,22?,24+/m1/s1. The number of methoxy groups -OCH3 is 1. The topological polar surface area (TPSA) is 210 Å².